The van der Waals surface area contributed by atoms with Gasteiger partial charge < -0.3 is 15.0 Å². The first-order chi connectivity index (χ1) is 8.79. The van der Waals surface area contributed by atoms with Crippen LogP contribution >= 0.6 is 0 Å². The molecule has 4 nitrogen and oxygen atoms in total. The lowest BCUT2D eigenvalue weighted by Gasteiger charge is -2.25. The van der Waals surface area contributed by atoms with Gasteiger partial charge in [0.2, 0.25) is 0 Å². The summed E-state index contributed by atoms with van der Waals surface area (Å²) in [5.41, 5.74) is 1.27. The second-order valence-electron chi connectivity index (χ2n) is 5.38. The maximum atomic E-state index is 9.47. The molecule has 2 N–H and O–H groups in total. The first kappa shape index (κ1) is 13.6. The minimum Gasteiger partial charge on any atom is -0.393 e. The molecule has 0 bridgehead atoms. The van der Waals surface area contributed by atoms with Crippen molar-refractivity contribution in [1.82, 2.24) is 14.9 Å². The minimum absolute atomic E-state index is 0.0489. The molecule has 18 heavy (non-hydrogen) atoms. The van der Waals surface area contributed by atoms with Crippen LogP contribution in [-0.2, 0) is 13.1 Å². The van der Waals surface area contributed by atoms with E-state index in [2.05, 4.69) is 21.8 Å². The molecule has 0 radical (unpaired) electrons. The van der Waals surface area contributed by atoms with E-state index < -0.39 is 0 Å². The van der Waals surface area contributed by atoms with Gasteiger partial charge in [0.1, 0.15) is 0 Å². The quantitative estimate of drug-likeness (QED) is 0.812. The first-order valence-corrected chi connectivity index (χ1v) is 7.17. The zero-order chi connectivity index (χ0) is 12.8. The topological polar surface area (TPSA) is 50.1 Å². The maximum absolute atomic E-state index is 9.47. The van der Waals surface area contributed by atoms with Crippen molar-refractivity contribution >= 4 is 0 Å². The van der Waals surface area contributed by atoms with Crippen LogP contribution in [0.3, 0.4) is 0 Å². The highest BCUT2D eigenvalue weighted by Gasteiger charge is 2.18. The van der Waals surface area contributed by atoms with Gasteiger partial charge in [0.05, 0.1) is 18.1 Å². The highest BCUT2D eigenvalue weighted by Crippen LogP contribution is 2.23. The monoisotopic (exact) mass is 251 g/mol. The summed E-state index contributed by atoms with van der Waals surface area (Å²) < 4.78 is 2.22. The van der Waals surface area contributed by atoms with Crippen LogP contribution in [0, 0.1) is 5.92 Å². The molecule has 1 aliphatic rings. The first-order valence-electron chi connectivity index (χ1n) is 7.17. The van der Waals surface area contributed by atoms with Crippen molar-refractivity contribution in [3.8, 4) is 0 Å². The summed E-state index contributed by atoms with van der Waals surface area (Å²) in [5, 5.41) is 13.0. The van der Waals surface area contributed by atoms with Gasteiger partial charge in [-0.2, -0.15) is 0 Å². The molecule has 1 heterocycles. The third kappa shape index (κ3) is 3.82. The molecule has 2 rings (SSSR count). The Morgan fingerprint density at radius 3 is 2.89 bits per heavy atom. The van der Waals surface area contributed by atoms with E-state index in [1.807, 2.05) is 12.5 Å². The molecular formula is C14H25N3O. The fourth-order valence-electron chi connectivity index (χ4n) is 2.69. The highest BCUT2D eigenvalue weighted by atomic mass is 16.3. The fourth-order valence-corrected chi connectivity index (χ4v) is 2.69. The van der Waals surface area contributed by atoms with Gasteiger partial charge in [-0.15, -0.1) is 0 Å². The number of aryl methyl sites for hydroxylation is 1. The van der Waals surface area contributed by atoms with Gasteiger partial charge in [0.25, 0.3) is 0 Å². The minimum atomic E-state index is -0.0489. The molecule has 0 aromatic carbocycles. The van der Waals surface area contributed by atoms with Crippen LogP contribution in [0.15, 0.2) is 12.5 Å². The number of nitrogens with one attached hydrogen (secondary N) is 1. The Kier molecular flexibility index (Phi) is 5.20. The number of hydrogen-bond acceptors (Lipinski definition) is 3. The summed E-state index contributed by atoms with van der Waals surface area (Å²) in [6.45, 7) is 5.19. The number of imidazole rings is 1. The molecule has 0 aliphatic heterocycles. The van der Waals surface area contributed by atoms with Gasteiger partial charge in [-0.05, 0) is 44.6 Å². The summed E-state index contributed by atoms with van der Waals surface area (Å²) in [7, 11) is 0. The van der Waals surface area contributed by atoms with E-state index in [-0.39, 0.29) is 6.10 Å². The van der Waals surface area contributed by atoms with E-state index in [0.29, 0.717) is 0 Å². The predicted octanol–water partition coefficient (Wildman–Crippen LogP) is 1.93. The molecule has 0 unspecified atom stereocenters. The van der Waals surface area contributed by atoms with E-state index in [1.165, 1.54) is 5.69 Å². The van der Waals surface area contributed by atoms with Crippen molar-refractivity contribution in [3.63, 3.8) is 0 Å². The normalized spacial score (nSPS) is 24.3. The Morgan fingerprint density at radius 1 is 1.39 bits per heavy atom. The molecular weight excluding hydrogens is 226 g/mol. The number of rotatable bonds is 6. The average molecular weight is 251 g/mol. The third-order valence-corrected chi connectivity index (χ3v) is 3.82. The Labute approximate surface area is 109 Å². The van der Waals surface area contributed by atoms with Gasteiger partial charge >= 0.3 is 0 Å². The predicted molar refractivity (Wildman–Crippen MR) is 72.2 cm³/mol. The fraction of sp³-hybridized carbons (Fsp3) is 0.786. The Balaban J connectivity index is 1.70. The van der Waals surface area contributed by atoms with E-state index in [1.54, 1.807) is 0 Å². The largest absolute Gasteiger partial charge is 0.393 e. The van der Waals surface area contributed by atoms with Gasteiger partial charge in [-0.1, -0.05) is 6.92 Å². The number of aliphatic hydroxyl groups excluding tert-OH is 1. The van der Waals surface area contributed by atoms with Gasteiger partial charge in [0, 0.05) is 19.3 Å². The molecule has 1 aromatic heterocycles. The van der Waals surface area contributed by atoms with Crippen LogP contribution < -0.4 is 5.32 Å². The summed E-state index contributed by atoms with van der Waals surface area (Å²) >= 11 is 0. The molecule has 1 fully saturated rings. The van der Waals surface area contributed by atoms with Crippen molar-refractivity contribution in [2.45, 2.75) is 58.2 Å². The van der Waals surface area contributed by atoms with Crippen LogP contribution in [0.5, 0.6) is 0 Å². The number of aliphatic hydroxyl groups is 1. The molecule has 4 heteroatoms. The molecule has 0 amide bonds. The summed E-state index contributed by atoms with van der Waals surface area (Å²) in [5.74, 6) is 0.732. The zero-order valence-electron chi connectivity index (χ0n) is 11.3. The molecule has 0 saturated heterocycles. The molecule has 1 aliphatic carbocycles. The van der Waals surface area contributed by atoms with E-state index >= 15 is 0 Å². The van der Waals surface area contributed by atoms with E-state index in [0.717, 1.165) is 57.7 Å². The molecule has 102 valence electrons. The lowest BCUT2D eigenvalue weighted by atomic mass is 9.87. The van der Waals surface area contributed by atoms with Crippen LogP contribution in [-0.4, -0.2) is 27.3 Å². The second kappa shape index (κ2) is 6.90. The van der Waals surface area contributed by atoms with Crippen molar-refractivity contribution in [2.24, 2.45) is 5.92 Å². The van der Waals surface area contributed by atoms with E-state index in [4.69, 9.17) is 0 Å². The Morgan fingerprint density at radius 2 is 2.17 bits per heavy atom. The van der Waals surface area contributed by atoms with Gasteiger partial charge in [-0.25, -0.2) is 4.98 Å². The number of nitrogens with zero attached hydrogens (tertiary/aromatic N) is 2. The second-order valence-corrected chi connectivity index (χ2v) is 5.38. The van der Waals surface area contributed by atoms with Crippen molar-refractivity contribution in [1.29, 1.82) is 0 Å². The SMILES string of the molecule is CCCn1cncc1CNCC1CCC(O)CC1. The van der Waals surface area contributed by atoms with Gasteiger partial charge in [-0.3, -0.25) is 0 Å². The van der Waals surface area contributed by atoms with Crippen molar-refractivity contribution in [2.75, 3.05) is 6.54 Å². The Bertz CT molecular complexity index is 343. The molecule has 0 atom stereocenters. The van der Waals surface area contributed by atoms with Crippen molar-refractivity contribution < 1.29 is 5.11 Å². The van der Waals surface area contributed by atoms with Gasteiger partial charge in [0.15, 0.2) is 0 Å². The average Bonchev–Trinajstić information content (AvgIpc) is 2.80. The summed E-state index contributed by atoms with van der Waals surface area (Å²) in [6.07, 6.45) is 9.21. The van der Waals surface area contributed by atoms with Crippen molar-refractivity contribution in [3.05, 3.63) is 18.2 Å². The summed E-state index contributed by atoms with van der Waals surface area (Å²) in [4.78, 5) is 4.21. The number of hydrogen-bond donors (Lipinski definition) is 2. The smallest absolute Gasteiger partial charge is 0.0948 e. The van der Waals surface area contributed by atoms with Crippen LogP contribution in [0.4, 0.5) is 0 Å². The Hall–Kier alpha value is -0.870. The third-order valence-electron chi connectivity index (χ3n) is 3.82. The van der Waals surface area contributed by atoms with Crippen LogP contribution in [0.1, 0.15) is 44.7 Å². The van der Waals surface area contributed by atoms with Crippen LogP contribution in [0.2, 0.25) is 0 Å². The maximum Gasteiger partial charge on any atom is 0.0948 e. The standard InChI is InChI=1S/C14H25N3O/c1-2-7-17-11-16-10-13(17)9-15-8-12-3-5-14(18)6-4-12/h10-12,14-15,18H,2-9H2,1H3. The molecule has 1 saturated carbocycles. The van der Waals surface area contributed by atoms with Crippen LogP contribution in [0.25, 0.3) is 0 Å². The zero-order valence-corrected chi connectivity index (χ0v) is 11.3. The molecule has 0 spiro atoms. The highest BCUT2D eigenvalue weighted by molar-refractivity contribution is 4.97. The lowest BCUT2D eigenvalue weighted by molar-refractivity contribution is 0.108. The molecule has 1 aromatic rings. The lowest BCUT2D eigenvalue weighted by Crippen LogP contribution is -2.28. The number of aromatic nitrogens is 2. The summed E-state index contributed by atoms with van der Waals surface area (Å²) in [6, 6.07) is 0. The van der Waals surface area contributed by atoms with E-state index in [9.17, 15) is 5.11 Å².